The molecule has 7 heteroatoms. The number of hydrogen-bond donors (Lipinski definition) is 3. The van der Waals surface area contributed by atoms with Gasteiger partial charge in [-0.1, -0.05) is 36.4 Å². The summed E-state index contributed by atoms with van der Waals surface area (Å²) in [4.78, 5) is 10.9. The Morgan fingerprint density at radius 2 is 1.80 bits per heavy atom. The van der Waals surface area contributed by atoms with Gasteiger partial charge in [0, 0.05) is 17.2 Å². The van der Waals surface area contributed by atoms with E-state index in [4.69, 9.17) is 5.11 Å². The van der Waals surface area contributed by atoms with Crippen LogP contribution in [0, 0.1) is 23.1 Å². The highest BCUT2D eigenvalue weighted by atomic mass is 19.1. The smallest absolute Gasteiger partial charge is 0.328 e. The van der Waals surface area contributed by atoms with E-state index < -0.39 is 18.1 Å². The zero-order chi connectivity index (χ0) is 24.5. The number of carbonyl (C=O) groups is 1. The second kappa shape index (κ2) is 9.16. The number of carboxylic acid groups (broad SMARTS) is 1. The van der Waals surface area contributed by atoms with Crippen LogP contribution >= 0.6 is 0 Å². The van der Waals surface area contributed by atoms with Gasteiger partial charge in [0.1, 0.15) is 5.82 Å². The van der Waals surface area contributed by atoms with Gasteiger partial charge in [0.15, 0.2) is 6.30 Å². The minimum absolute atomic E-state index is 0.129. The molecule has 1 heterocycles. The highest BCUT2D eigenvalue weighted by molar-refractivity contribution is 6.00. The normalized spacial score (nSPS) is 17.5. The molecule has 0 radical (unpaired) electrons. The molecule has 0 spiro atoms. The van der Waals surface area contributed by atoms with Crippen molar-refractivity contribution in [3.8, 4) is 6.07 Å². The van der Waals surface area contributed by atoms with E-state index in [0.29, 0.717) is 22.4 Å². The van der Waals surface area contributed by atoms with E-state index in [0.717, 1.165) is 41.2 Å². The third-order valence-electron chi connectivity index (χ3n) is 6.21. The number of halogens is 2. The van der Waals surface area contributed by atoms with Gasteiger partial charge >= 0.3 is 5.97 Å². The third-order valence-corrected chi connectivity index (χ3v) is 6.21. The Morgan fingerprint density at radius 3 is 2.46 bits per heavy atom. The molecule has 5 rings (SSSR count). The summed E-state index contributed by atoms with van der Waals surface area (Å²) in [6.07, 6.45) is 2.99. The monoisotopic (exact) mass is 469 g/mol. The summed E-state index contributed by atoms with van der Waals surface area (Å²) in [5, 5.41) is 18.1. The van der Waals surface area contributed by atoms with Gasteiger partial charge in [0.25, 0.3) is 0 Å². The minimum atomic E-state index is -1.37. The van der Waals surface area contributed by atoms with Crippen molar-refractivity contribution in [2.24, 2.45) is 5.92 Å². The number of nitrogens with zero attached hydrogens (tertiary/aromatic N) is 1. The van der Waals surface area contributed by atoms with Crippen LogP contribution < -0.4 is 10.9 Å². The first kappa shape index (κ1) is 22.5. The molecule has 174 valence electrons. The maximum absolute atomic E-state index is 15.3. The fraction of sp³-hybridized carbons (Fsp3) is 0.143. The average molecular weight is 469 g/mol. The van der Waals surface area contributed by atoms with Crippen LogP contribution in [0.25, 0.3) is 17.2 Å². The van der Waals surface area contributed by atoms with Gasteiger partial charge < -0.3 is 10.5 Å². The molecule has 1 aliphatic heterocycles. The Bertz CT molecular complexity index is 1420. The van der Waals surface area contributed by atoms with E-state index in [1.807, 2.05) is 24.3 Å². The van der Waals surface area contributed by atoms with Crippen LogP contribution in [-0.2, 0) is 4.79 Å². The lowest BCUT2D eigenvalue weighted by Gasteiger charge is -2.19. The molecular weight excluding hydrogens is 448 g/mol. The second-order valence-corrected chi connectivity index (χ2v) is 8.60. The number of nitrogens with one attached hydrogen (secondary N) is 2. The lowest BCUT2D eigenvalue weighted by Crippen LogP contribution is -2.14. The summed E-state index contributed by atoms with van der Waals surface area (Å²) >= 11 is 0. The molecule has 0 aromatic heterocycles. The molecule has 5 nitrogen and oxygen atoms in total. The van der Waals surface area contributed by atoms with Crippen molar-refractivity contribution in [1.82, 2.24) is 5.43 Å². The fourth-order valence-corrected chi connectivity index (χ4v) is 4.40. The van der Waals surface area contributed by atoms with E-state index in [-0.39, 0.29) is 11.5 Å². The summed E-state index contributed by atoms with van der Waals surface area (Å²) in [7, 11) is 0. The summed E-state index contributed by atoms with van der Waals surface area (Å²) in [5.74, 6) is -1.38. The predicted octanol–water partition coefficient (Wildman–Crippen LogP) is 6.06. The number of alkyl halides is 1. The molecule has 1 aliphatic carbocycles. The Labute approximate surface area is 201 Å². The molecule has 1 saturated carbocycles. The number of allylic oxidation sites excluding steroid dienone is 1. The Morgan fingerprint density at radius 1 is 1.06 bits per heavy atom. The van der Waals surface area contributed by atoms with Crippen LogP contribution in [0.3, 0.4) is 0 Å². The van der Waals surface area contributed by atoms with E-state index in [1.165, 1.54) is 12.1 Å². The Hall–Kier alpha value is -4.28. The number of aliphatic carboxylic acids is 1. The Balaban J connectivity index is 1.72. The van der Waals surface area contributed by atoms with Crippen molar-refractivity contribution in [3.05, 3.63) is 106 Å². The third kappa shape index (κ3) is 4.57. The zero-order valence-electron chi connectivity index (χ0n) is 18.6. The van der Waals surface area contributed by atoms with Crippen molar-refractivity contribution >= 4 is 28.9 Å². The zero-order valence-corrected chi connectivity index (χ0v) is 18.6. The molecule has 0 saturated heterocycles. The summed E-state index contributed by atoms with van der Waals surface area (Å²) in [5.41, 5.74) is 11.0. The van der Waals surface area contributed by atoms with Gasteiger partial charge in [0.05, 0.1) is 17.3 Å². The van der Waals surface area contributed by atoms with E-state index in [2.05, 4.69) is 10.9 Å². The van der Waals surface area contributed by atoms with Crippen molar-refractivity contribution in [2.75, 3.05) is 5.43 Å². The minimum Gasteiger partial charge on any atom is -0.478 e. The van der Waals surface area contributed by atoms with Crippen LogP contribution in [0.15, 0.2) is 66.7 Å². The molecule has 3 aromatic rings. The fourth-order valence-electron chi connectivity index (χ4n) is 4.40. The van der Waals surface area contributed by atoms with Gasteiger partial charge in [0.2, 0.25) is 0 Å². The lowest BCUT2D eigenvalue weighted by molar-refractivity contribution is -0.131. The molecule has 0 bridgehead atoms. The predicted molar refractivity (Wildman–Crippen MR) is 130 cm³/mol. The number of hydrazine groups is 1. The van der Waals surface area contributed by atoms with Crippen LogP contribution in [-0.4, -0.2) is 11.1 Å². The van der Waals surface area contributed by atoms with Crippen molar-refractivity contribution in [3.63, 3.8) is 0 Å². The number of carboxylic acids is 1. The van der Waals surface area contributed by atoms with E-state index in [9.17, 15) is 14.4 Å². The first-order chi connectivity index (χ1) is 16.9. The SMILES string of the molecule is N#Cc1ccc(/C(=C(\c2ccc(/C=C/C(=O)O)cc2)c2ccc3c(c2)C(F)NN3)C2CC2)c(F)c1. The van der Waals surface area contributed by atoms with E-state index >= 15 is 4.39 Å². The van der Waals surface area contributed by atoms with Crippen molar-refractivity contribution in [1.29, 1.82) is 5.26 Å². The molecule has 1 unspecified atom stereocenters. The van der Waals surface area contributed by atoms with Gasteiger partial charge in [-0.25, -0.2) is 19.0 Å². The molecule has 3 aromatic carbocycles. The largest absolute Gasteiger partial charge is 0.478 e. The maximum Gasteiger partial charge on any atom is 0.328 e. The number of nitriles is 1. The number of anilines is 1. The number of fused-ring (bicyclic) bond motifs is 1. The number of rotatable bonds is 6. The molecule has 35 heavy (non-hydrogen) atoms. The van der Waals surface area contributed by atoms with E-state index in [1.54, 1.807) is 36.4 Å². The molecular formula is C28H21F2N3O2. The topological polar surface area (TPSA) is 85.2 Å². The summed E-state index contributed by atoms with van der Waals surface area (Å²) in [6, 6.07) is 19.2. The maximum atomic E-state index is 15.3. The lowest BCUT2D eigenvalue weighted by atomic mass is 9.85. The molecule has 1 fully saturated rings. The Kier molecular flexibility index (Phi) is 5.89. The molecule has 3 N–H and O–H groups in total. The number of hydrogen-bond acceptors (Lipinski definition) is 4. The number of benzene rings is 3. The highest BCUT2D eigenvalue weighted by Crippen LogP contribution is 2.49. The quantitative estimate of drug-likeness (QED) is 0.232. The molecule has 2 aliphatic rings. The standard InChI is InChI=1S/C28H21F2N3O2/c29-23-13-17(15-31)3-10-21(23)27(19-7-8-19)26(18-5-1-16(2-6-18)4-12-25(34)35)20-9-11-24-22(14-20)28(30)33-32-24/h1-6,9-14,19,28,32-33H,7-8H2,(H,34,35)/b12-4+,27-26+. The van der Waals surface area contributed by atoms with Gasteiger partial charge in [-0.15, -0.1) is 0 Å². The molecule has 1 atom stereocenters. The average Bonchev–Trinajstić information content (AvgIpc) is 3.64. The molecule has 0 amide bonds. The first-order valence-corrected chi connectivity index (χ1v) is 11.2. The van der Waals surface area contributed by atoms with Gasteiger partial charge in [-0.3, -0.25) is 0 Å². The van der Waals surface area contributed by atoms with Gasteiger partial charge in [-0.05, 0) is 76.9 Å². The first-order valence-electron chi connectivity index (χ1n) is 11.2. The van der Waals surface area contributed by atoms with Crippen LogP contribution in [0.1, 0.15) is 52.5 Å². The van der Waals surface area contributed by atoms with Gasteiger partial charge in [-0.2, -0.15) is 5.26 Å². The summed E-state index contributed by atoms with van der Waals surface area (Å²) < 4.78 is 29.7. The highest BCUT2D eigenvalue weighted by Gasteiger charge is 2.33. The second-order valence-electron chi connectivity index (χ2n) is 8.60. The summed E-state index contributed by atoms with van der Waals surface area (Å²) in [6.45, 7) is 0. The van der Waals surface area contributed by atoms with Crippen LogP contribution in [0.5, 0.6) is 0 Å². The van der Waals surface area contributed by atoms with Crippen LogP contribution in [0.4, 0.5) is 14.5 Å². The van der Waals surface area contributed by atoms with Crippen molar-refractivity contribution in [2.45, 2.75) is 19.1 Å². The van der Waals surface area contributed by atoms with Crippen LogP contribution in [0.2, 0.25) is 0 Å². The van der Waals surface area contributed by atoms with Crippen molar-refractivity contribution < 1.29 is 18.7 Å².